The molecule has 170 valence electrons. The van der Waals surface area contributed by atoms with E-state index in [0.717, 1.165) is 49.6 Å². The maximum Gasteiger partial charge on any atom is 0.123 e. The molecule has 4 aromatic rings. The summed E-state index contributed by atoms with van der Waals surface area (Å²) in [4.78, 5) is 2.52. The predicted molar refractivity (Wildman–Crippen MR) is 132 cm³/mol. The third-order valence-electron chi connectivity index (χ3n) is 6.57. The van der Waals surface area contributed by atoms with E-state index in [1.165, 1.54) is 28.6 Å². The highest BCUT2D eigenvalue weighted by molar-refractivity contribution is 5.85. The number of nitrogens with one attached hydrogen (secondary N) is 1. The summed E-state index contributed by atoms with van der Waals surface area (Å²) in [5, 5.41) is 5.04. The minimum atomic E-state index is -0.198. The molecular formula is C28H30FN3O. The first-order chi connectivity index (χ1) is 16.2. The van der Waals surface area contributed by atoms with Crippen LogP contribution < -0.4 is 10.1 Å². The highest BCUT2D eigenvalue weighted by Gasteiger charge is 2.21. The second-order valence-corrected chi connectivity index (χ2v) is 8.84. The van der Waals surface area contributed by atoms with Crippen molar-refractivity contribution in [1.82, 2.24) is 9.47 Å². The average molecular weight is 444 g/mol. The molecule has 0 radical (unpaired) electrons. The summed E-state index contributed by atoms with van der Waals surface area (Å²) in [5.74, 6) is 1.84. The van der Waals surface area contributed by atoms with Crippen molar-refractivity contribution in [3.63, 3.8) is 0 Å². The predicted octanol–water partition coefficient (Wildman–Crippen LogP) is 5.91. The number of para-hydroxylation sites is 1. The number of hydrogen-bond acceptors (Lipinski definition) is 3. The van der Waals surface area contributed by atoms with Gasteiger partial charge in [-0.05, 0) is 60.4 Å². The Morgan fingerprint density at radius 1 is 0.879 bits per heavy atom. The lowest BCUT2D eigenvalue weighted by Gasteiger charge is -2.33. The molecule has 1 aliphatic rings. The smallest absolute Gasteiger partial charge is 0.123 e. The zero-order valence-electron chi connectivity index (χ0n) is 19.0. The average Bonchev–Trinajstić information content (AvgIpc) is 3.19. The monoisotopic (exact) mass is 443 g/mol. The normalized spacial score (nSPS) is 15.1. The molecule has 0 aliphatic carbocycles. The summed E-state index contributed by atoms with van der Waals surface area (Å²) in [6, 6.07) is 26.3. The fraction of sp³-hybridized carbons (Fsp3) is 0.286. The summed E-state index contributed by atoms with van der Waals surface area (Å²) < 4.78 is 21.0. The van der Waals surface area contributed by atoms with E-state index in [1.54, 1.807) is 7.11 Å². The Morgan fingerprint density at radius 3 is 2.27 bits per heavy atom. The van der Waals surface area contributed by atoms with E-state index in [0.29, 0.717) is 12.6 Å². The van der Waals surface area contributed by atoms with E-state index >= 15 is 0 Å². The maximum atomic E-state index is 13.4. The molecular weight excluding hydrogens is 413 g/mol. The molecule has 1 fully saturated rings. The van der Waals surface area contributed by atoms with Gasteiger partial charge in [-0.1, -0.05) is 42.5 Å². The van der Waals surface area contributed by atoms with Crippen molar-refractivity contribution in [2.45, 2.75) is 32.0 Å². The van der Waals surface area contributed by atoms with Crippen molar-refractivity contribution in [2.24, 2.45) is 0 Å². The molecule has 0 spiro atoms. The molecule has 0 atom stereocenters. The third kappa shape index (κ3) is 5.04. The highest BCUT2D eigenvalue weighted by Crippen LogP contribution is 2.27. The quantitative estimate of drug-likeness (QED) is 0.385. The Hall–Kier alpha value is -3.31. The van der Waals surface area contributed by atoms with Gasteiger partial charge in [-0.3, -0.25) is 4.90 Å². The van der Waals surface area contributed by atoms with Crippen LogP contribution >= 0.6 is 0 Å². The number of ether oxygens (including phenoxy) is 1. The van der Waals surface area contributed by atoms with Crippen LogP contribution in [-0.4, -0.2) is 35.7 Å². The minimum absolute atomic E-state index is 0.198. The van der Waals surface area contributed by atoms with Crippen molar-refractivity contribution < 1.29 is 9.13 Å². The van der Waals surface area contributed by atoms with Gasteiger partial charge in [-0.2, -0.15) is 0 Å². The number of hydrogen-bond donors (Lipinski definition) is 1. The van der Waals surface area contributed by atoms with Crippen LogP contribution in [0.1, 0.15) is 24.0 Å². The topological polar surface area (TPSA) is 29.4 Å². The lowest BCUT2D eigenvalue weighted by Crippen LogP contribution is -2.39. The first-order valence-corrected chi connectivity index (χ1v) is 11.6. The molecule has 0 amide bonds. The molecule has 1 aliphatic heterocycles. The molecule has 4 nitrogen and oxygen atoms in total. The highest BCUT2D eigenvalue weighted by atomic mass is 19.1. The molecule has 5 rings (SSSR count). The van der Waals surface area contributed by atoms with Crippen LogP contribution in [0, 0.1) is 5.82 Å². The van der Waals surface area contributed by atoms with Crippen molar-refractivity contribution in [3.05, 3.63) is 95.8 Å². The fourth-order valence-electron chi connectivity index (χ4n) is 4.71. The number of aromatic nitrogens is 1. The number of halogens is 1. The van der Waals surface area contributed by atoms with E-state index < -0.39 is 0 Å². The van der Waals surface area contributed by atoms with E-state index in [4.69, 9.17) is 4.74 Å². The zero-order chi connectivity index (χ0) is 22.6. The van der Waals surface area contributed by atoms with Crippen LogP contribution in [-0.2, 0) is 13.1 Å². The summed E-state index contributed by atoms with van der Waals surface area (Å²) in [6.07, 6.45) is 2.21. The van der Waals surface area contributed by atoms with Gasteiger partial charge in [0, 0.05) is 37.6 Å². The molecule has 33 heavy (non-hydrogen) atoms. The second kappa shape index (κ2) is 9.67. The first-order valence-electron chi connectivity index (χ1n) is 11.6. The van der Waals surface area contributed by atoms with Crippen molar-refractivity contribution >= 4 is 16.7 Å². The standard InChI is InChI=1S/C28H30FN3O/c1-33-26-12-8-21(9-13-26)19-31-16-14-25(15-17-31)30-28-18-23-4-2-3-5-27(23)32(28)20-22-6-10-24(29)11-7-22/h2-13,18,25,30H,14-17,19-20H2,1H3. The van der Waals surface area contributed by atoms with Gasteiger partial charge >= 0.3 is 0 Å². The van der Waals surface area contributed by atoms with E-state index in [-0.39, 0.29) is 5.82 Å². The first kappa shape index (κ1) is 21.5. The summed E-state index contributed by atoms with van der Waals surface area (Å²) in [7, 11) is 1.70. The minimum Gasteiger partial charge on any atom is -0.497 e. The summed E-state index contributed by atoms with van der Waals surface area (Å²) in [5.41, 5.74) is 3.61. The van der Waals surface area contributed by atoms with Crippen LogP contribution in [0.2, 0.25) is 0 Å². The molecule has 1 aromatic heterocycles. The molecule has 2 heterocycles. The third-order valence-corrected chi connectivity index (χ3v) is 6.57. The second-order valence-electron chi connectivity index (χ2n) is 8.84. The van der Waals surface area contributed by atoms with Crippen LogP contribution in [0.25, 0.3) is 10.9 Å². The molecule has 1 N–H and O–H groups in total. The lowest BCUT2D eigenvalue weighted by molar-refractivity contribution is 0.211. The van der Waals surface area contributed by atoms with Gasteiger partial charge in [0.1, 0.15) is 17.4 Å². The molecule has 1 saturated heterocycles. The number of piperidine rings is 1. The maximum absolute atomic E-state index is 13.4. The van der Waals surface area contributed by atoms with Gasteiger partial charge in [0.25, 0.3) is 0 Å². The zero-order valence-corrected chi connectivity index (χ0v) is 19.0. The van der Waals surface area contributed by atoms with Gasteiger partial charge in [0.2, 0.25) is 0 Å². The number of nitrogens with zero attached hydrogens (tertiary/aromatic N) is 2. The molecule has 0 unspecified atom stereocenters. The largest absolute Gasteiger partial charge is 0.497 e. The molecule has 0 bridgehead atoms. The Morgan fingerprint density at radius 2 is 1.55 bits per heavy atom. The van der Waals surface area contributed by atoms with E-state index in [2.05, 4.69) is 57.2 Å². The number of methoxy groups -OCH3 is 1. The molecule has 3 aromatic carbocycles. The van der Waals surface area contributed by atoms with Gasteiger partial charge in [0.15, 0.2) is 0 Å². The van der Waals surface area contributed by atoms with Gasteiger partial charge < -0.3 is 14.6 Å². The summed E-state index contributed by atoms with van der Waals surface area (Å²) in [6.45, 7) is 3.83. The van der Waals surface area contributed by atoms with Crippen molar-refractivity contribution in [2.75, 3.05) is 25.5 Å². The van der Waals surface area contributed by atoms with Crippen LogP contribution in [0.5, 0.6) is 5.75 Å². The van der Waals surface area contributed by atoms with E-state index in [9.17, 15) is 4.39 Å². The summed E-state index contributed by atoms with van der Waals surface area (Å²) >= 11 is 0. The Labute approximate surface area is 194 Å². The van der Waals surface area contributed by atoms with Crippen LogP contribution in [0.4, 0.5) is 10.2 Å². The number of rotatable bonds is 7. The van der Waals surface area contributed by atoms with Gasteiger partial charge in [0.05, 0.1) is 12.6 Å². The number of fused-ring (bicyclic) bond motifs is 1. The number of likely N-dealkylation sites (tertiary alicyclic amines) is 1. The number of anilines is 1. The Bertz CT molecular complexity index is 1190. The van der Waals surface area contributed by atoms with Crippen LogP contribution in [0.3, 0.4) is 0 Å². The van der Waals surface area contributed by atoms with Crippen molar-refractivity contribution in [1.29, 1.82) is 0 Å². The van der Waals surface area contributed by atoms with E-state index in [1.807, 2.05) is 24.3 Å². The fourth-order valence-corrected chi connectivity index (χ4v) is 4.71. The van der Waals surface area contributed by atoms with Gasteiger partial charge in [-0.25, -0.2) is 4.39 Å². The SMILES string of the molecule is COc1ccc(CN2CCC(Nc3cc4ccccc4n3Cc3ccc(F)cc3)CC2)cc1. The lowest BCUT2D eigenvalue weighted by atomic mass is 10.0. The van der Waals surface area contributed by atoms with Crippen LogP contribution in [0.15, 0.2) is 78.9 Å². The number of benzene rings is 3. The van der Waals surface area contributed by atoms with Gasteiger partial charge in [-0.15, -0.1) is 0 Å². The molecule has 0 saturated carbocycles. The van der Waals surface area contributed by atoms with Crippen molar-refractivity contribution in [3.8, 4) is 5.75 Å². The Balaban J connectivity index is 1.26. The Kier molecular flexibility index (Phi) is 6.31. The molecule has 5 heteroatoms.